The van der Waals surface area contributed by atoms with Crippen molar-refractivity contribution in [3.05, 3.63) is 66.2 Å². The third-order valence-corrected chi connectivity index (χ3v) is 6.77. The lowest BCUT2D eigenvalue weighted by molar-refractivity contribution is 0.466. The van der Waals surface area contributed by atoms with Gasteiger partial charge in [0.25, 0.3) is 0 Å². The first-order chi connectivity index (χ1) is 12.0. The molecule has 1 saturated carbocycles. The molecule has 0 radical (unpaired) electrons. The Kier molecular flexibility index (Phi) is 3.96. The minimum absolute atomic E-state index is 0.290. The first-order valence-corrected chi connectivity index (χ1v) is 9.93. The lowest BCUT2D eigenvalue weighted by Crippen LogP contribution is -2.33. The molecule has 0 amide bonds. The molecule has 0 aliphatic heterocycles. The van der Waals surface area contributed by atoms with E-state index >= 15 is 0 Å². The van der Waals surface area contributed by atoms with E-state index in [4.69, 9.17) is 0 Å². The number of hydrogen-bond donors (Lipinski definition) is 1. The first-order valence-electron chi connectivity index (χ1n) is 8.45. The van der Waals surface area contributed by atoms with Crippen molar-refractivity contribution in [2.45, 2.75) is 29.6 Å². The van der Waals surface area contributed by atoms with E-state index in [2.05, 4.69) is 22.7 Å². The van der Waals surface area contributed by atoms with Gasteiger partial charge in [-0.1, -0.05) is 29.8 Å². The van der Waals surface area contributed by atoms with Gasteiger partial charge in [0.15, 0.2) is 0 Å². The Hall–Kier alpha value is -2.40. The van der Waals surface area contributed by atoms with Crippen LogP contribution in [0.4, 0.5) is 5.69 Å². The van der Waals surface area contributed by atoms with E-state index in [-0.39, 0.29) is 0 Å². The summed E-state index contributed by atoms with van der Waals surface area (Å²) >= 11 is 0. The second-order valence-corrected chi connectivity index (χ2v) is 8.64. The molecule has 1 fully saturated rings. The second-order valence-electron chi connectivity index (χ2n) is 6.69. The van der Waals surface area contributed by atoms with Crippen LogP contribution in [0.5, 0.6) is 0 Å². The summed E-state index contributed by atoms with van der Waals surface area (Å²) < 4.78 is 25.3. The predicted octanol–water partition coefficient (Wildman–Crippen LogP) is 4.19. The molecule has 2 aromatic rings. The fraction of sp³-hybridized carbons (Fsp3) is 0.250. The number of fused-ring (bicyclic) bond motifs is 1. The molecule has 0 saturated heterocycles. The maximum atomic E-state index is 12.6. The maximum Gasteiger partial charge on any atom is 0.206 e. The molecule has 2 aliphatic rings. The molecule has 0 heterocycles. The van der Waals surface area contributed by atoms with E-state index in [0.29, 0.717) is 21.6 Å². The van der Waals surface area contributed by atoms with Crippen molar-refractivity contribution in [2.24, 2.45) is 16.9 Å². The fourth-order valence-corrected chi connectivity index (χ4v) is 4.62. The summed E-state index contributed by atoms with van der Waals surface area (Å²) in [6.45, 7) is 1.93. The molecule has 2 atom stereocenters. The zero-order chi connectivity index (χ0) is 17.4. The van der Waals surface area contributed by atoms with Gasteiger partial charge in [0.05, 0.1) is 15.5 Å². The standard InChI is InChI=1S/C20H20N2O2S/c1-14-5-9-17(10-6-14)25(23,24)18-11-7-16(8-12-18)21-22-20-13-15-3-2-4-19(15)20/h2-3,5-12,15,19,21H,4,13H2,1H3/b22-20-/t15-,19-/m0/s1. The molecular weight excluding hydrogens is 332 g/mol. The molecule has 25 heavy (non-hydrogen) atoms. The smallest absolute Gasteiger partial charge is 0.206 e. The summed E-state index contributed by atoms with van der Waals surface area (Å²) in [5.41, 5.74) is 6.08. The van der Waals surface area contributed by atoms with Gasteiger partial charge in [0, 0.05) is 11.6 Å². The van der Waals surface area contributed by atoms with Gasteiger partial charge in [0.2, 0.25) is 9.84 Å². The monoisotopic (exact) mass is 352 g/mol. The molecule has 128 valence electrons. The number of benzene rings is 2. The number of allylic oxidation sites excluding steroid dienone is 2. The number of aryl methyl sites for hydroxylation is 1. The van der Waals surface area contributed by atoms with Crippen LogP contribution >= 0.6 is 0 Å². The Bertz CT molecular complexity index is 942. The van der Waals surface area contributed by atoms with Crippen LogP contribution in [0.1, 0.15) is 18.4 Å². The SMILES string of the molecule is Cc1ccc(S(=O)(=O)c2ccc(N/N=C3/C[C@@H]4C=CC[C@H]34)cc2)cc1. The van der Waals surface area contributed by atoms with Gasteiger partial charge >= 0.3 is 0 Å². The number of sulfone groups is 1. The molecule has 0 aromatic heterocycles. The zero-order valence-corrected chi connectivity index (χ0v) is 14.8. The Labute approximate surface area is 148 Å². The number of hydrazone groups is 1. The van der Waals surface area contributed by atoms with Gasteiger partial charge in [-0.05, 0) is 62.1 Å². The number of nitrogens with zero attached hydrogens (tertiary/aromatic N) is 1. The average Bonchev–Trinajstić information content (AvgIpc) is 2.97. The highest BCUT2D eigenvalue weighted by Crippen LogP contribution is 2.40. The molecular formula is C20H20N2O2S. The summed E-state index contributed by atoms with van der Waals surface area (Å²) in [7, 11) is -3.48. The van der Waals surface area contributed by atoms with E-state index in [1.165, 1.54) is 5.71 Å². The molecule has 4 rings (SSSR count). The topological polar surface area (TPSA) is 58.5 Å². The first kappa shape index (κ1) is 16.1. The Morgan fingerprint density at radius 3 is 2.28 bits per heavy atom. The van der Waals surface area contributed by atoms with Crippen molar-refractivity contribution >= 4 is 21.2 Å². The minimum atomic E-state index is -3.48. The van der Waals surface area contributed by atoms with Gasteiger partial charge in [-0.2, -0.15) is 5.10 Å². The third kappa shape index (κ3) is 3.00. The fourth-order valence-electron chi connectivity index (χ4n) is 3.36. The van der Waals surface area contributed by atoms with Crippen LogP contribution in [0.2, 0.25) is 0 Å². The molecule has 4 nitrogen and oxygen atoms in total. The quantitative estimate of drug-likeness (QED) is 0.663. The minimum Gasteiger partial charge on any atom is -0.279 e. The van der Waals surface area contributed by atoms with Crippen LogP contribution in [-0.2, 0) is 9.84 Å². The van der Waals surface area contributed by atoms with Gasteiger partial charge in [0.1, 0.15) is 0 Å². The van der Waals surface area contributed by atoms with E-state index < -0.39 is 9.84 Å². The predicted molar refractivity (Wildman–Crippen MR) is 99.5 cm³/mol. The largest absolute Gasteiger partial charge is 0.279 e. The molecule has 0 unspecified atom stereocenters. The van der Waals surface area contributed by atoms with E-state index in [1.807, 2.05) is 19.1 Å². The molecule has 1 N–H and O–H groups in total. The summed E-state index contributed by atoms with van der Waals surface area (Å²) in [4.78, 5) is 0.603. The van der Waals surface area contributed by atoms with Crippen molar-refractivity contribution in [3.63, 3.8) is 0 Å². The van der Waals surface area contributed by atoms with Crippen molar-refractivity contribution in [1.82, 2.24) is 0 Å². The van der Waals surface area contributed by atoms with Crippen LogP contribution in [0.25, 0.3) is 0 Å². The van der Waals surface area contributed by atoms with Crippen molar-refractivity contribution < 1.29 is 8.42 Å². The molecule has 2 aliphatic carbocycles. The van der Waals surface area contributed by atoms with Gasteiger partial charge in [-0.3, -0.25) is 5.43 Å². The highest BCUT2D eigenvalue weighted by molar-refractivity contribution is 7.91. The van der Waals surface area contributed by atoms with Crippen LogP contribution in [0.3, 0.4) is 0 Å². The van der Waals surface area contributed by atoms with Crippen LogP contribution in [-0.4, -0.2) is 14.1 Å². The molecule has 0 spiro atoms. The summed E-state index contributed by atoms with van der Waals surface area (Å²) in [5.74, 6) is 1.23. The summed E-state index contributed by atoms with van der Waals surface area (Å²) in [6.07, 6.45) is 6.60. The molecule has 0 bridgehead atoms. The highest BCUT2D eigenvalue weighted by atomic mass is 32.2. The van der Waals surface area contributed by atoms with Crippen molar-refractivity contribution in [2.75, 3.05) is 5.43 Å². The van der Waals surface area contributed by atoms with Gasteiger partial charge in [-0.25, -0.2) is 8.42 Å². The number of rotatable bonds is 4. The van der Waals surface area contributed by atoms with Crippen LogP contribution in [0, 0.1) is 18.8 Å². The number of nitrogens with one attached hydrogen (secondary N) is 1. The van der Waals surface area contributed by atoms with E-state index in [0.717, 1.165) is 24.1 Å². The second kappa shape index (κ2) is 6.15. The zero-order valence-electron chi connectivity index (χ0n) is 14.0. The normalized spacial score (nSPS) is 23.3. The van der Waals surface area contributed by atoms with Gasteiger partial charge in [-0.15, -0.1) is 0 Å². The van der Waals surface area contributed by atoms with Crippen molar-refractivity contribution in [1.29, 1.82) is 0 Å². The summed E-state index contributed by atoms with van der Waals surface area (Å²) in [5, 5.41) is 4.48. The molecule has 5 heteroatoms. The Balaban J connectivity index is 1.48. The lowest BCUT2D eigenvalue weighted by atomic mass is 9.74. The van der Waals surface area contributed by atoms with Gasteiger partial charge < -0.3 is 0 Å². The van der Waals surface area contributed by atoms with Crippen LogP contribution in [0.15, 0.2) is 75.6 Å². The lowest BCUT2D eigenvalue weighted by Gasteiger charge is -2.31. The van der Waals surface area contributed by atoms with Crippen molar-refractivity contribution in [3.8, 4) is 0 Å². The summed E-state index contributed by atoms with van der Waals surface area (Å²) in [6, 6.07) is 13.7. The Morgan fingerprint density at radius 1 is 1.00 bits per heavy atom. The van der Waals surface area contributed by atoms with E-state index in [9.17, 15) is 8.42 Å². The highest BCUT2D eigenvalue weighted by Gasteiger charge is 2.37. The van der Waals surface area contributed by atoms with E-state index in [1.54, 1.807) is 36.4 Å². The Morgan fingerprint density at radius 2 is 1.64 bits per heavy atom. The molecule has 2 aromatic carbocycles. The average molecular weight is 352 g/mol. The third-order valence-electron chi connectivity index (χ3n) is 4.99. The number of anilines is 1. The number of hydrogen-bond acceptors (Lipinski definition) is 4. The maximum absolute atomic E-state index is 12.6. The van der Waals surface area contributed by atoms with Crippen LogP contribution < -0.4 is 5.43 Å².